The molecule has 4 rings (SSSR count). The zero-order valence-electron chi connectivity index (χ0n) is 13.2. The first-order valence-electron chi connectivity index (χ1n) is 8.10. The Labute approximate surface area is 147 Å². The Balaban J connectivity index is 1.53. The van der Waals surface area contributed by atoms with Gasteiger partial charge in [0.05, 0.1) is 22.7 Å². The van der Waals surface area contributed by atoms with Crippen molar-refractivity contribution < 1.29 is 18.0 Å². The number of amides is 1. The molecule has 0 radical (unpaired) electrons. The number of rotatable bonds is 2. The molecule has 1 atom stereocenters. The molecule has 2 heterocycles. The molecule has 0 spiro atoms. The quantitative estimate of drug-likeness (QED) is 0.868. The maximum Gasteiger partial charge on any atom is 0.417 e. The second kappa shape index (κ2) is 5.79. The molecule has 1 unspecified atom stereocenters. The number of halogens is 4. The van der Waals surface area contributed by atoms with Crippen molar-refractivity contribution in [2.24, 2.45) is 11.0 Å². The number of alkyl halides is 3. The normalized spacial score (nSPS) is 23.2. The van der Waals surface area contributed by atoms with E-state index in [1.807, 2.05) is 0 Å². The lowest BCUT2D eigenvalue weighted by molar-refractivity contribution is -0.137. The summed E-state index contributed by atoms with van der Waals surface area (Å²) in [5.41, 5.74) is 1.98. The number of benzene rings is 1. The zero-order valence-corrected chi connectivity index (χ0v) is 13.9. The molecule has 1 saturated heterocycles. The fraction of sp³-hybridized carbons (Fsp3) is 0.500. The Morgan fingerprint density at radius 3 is 2.72 bits per heavy atom. The maximum absolute atomic E-state index is 13.0. The maximum atomic E-state index is 13.0. The van der Waals surface area contributed by atoms with Gasteiger partial charge in [-0.1, -0.05) is 17.7 Å². The molecule has 2 fully saturated rings. The number of hydrogen-bond acceptors (Lipinski definition) is 4. The van der Waals surface area contributed by atoms with Crippen LogP contribution in [0.25, 0.3) is 0 Å². The third-order valence-corrected chi connectivity index (χ3v) is 5.23. The van der Waals surface area contributed by atoms with Crippen LogP contribution in [0.1, 0.15) is 28.8 Å². The van der Waals surface area contributed by atoms with Crippen LogP contribution in [0.4, 0.5) is 13.2 Å². The van der Waals surface area contributed by atoms with E-state index >= 15 is 0 Å². The molecule has 9 heteroatoms. The van der Waals surface area contributed by atoms with E-state index in [0.29, 0.717) is 19.0 Å². The third-order valence-electron chi connectivity index (χ3n) is 4.83. The van der Waals surface area contributed by atoms with Crippen molar-refractivity contribution in [2.75, 3.05) is 19.6 Å². The molecule has 1 aromatic rings. The molecule has 0 bridgehead atoms. The van der Waals surface area contributed by atoms with Crippen molar-refractivity contribution in [2.45, 2.75) is 25.2 Å². The summed E-state index contributed by atoms with van der Waals surface area (Å²) in [5.74, 6) is 0.828. The van der Waals surface area contributed by atoms with E-state index in [4.69, 9.17) is 11.6 Å². The Morgan fingerprint density at radius 2 is 2.04 bits per heavy atom. The van der Waals surface area contributed by atoms with Gasteiger partial charge in [0, 0.05) is 13.1 Å². The van der Waals surface area contributed by atoms with E-state index in [-0.39, 0.29) is 18.3 Å². The van der Waals surface area contributed by atoms with E-state index in [1.165, 1.54) is 29.9 Å². The highest BCUT2D eigenvalue weighted by Gasteiger charge is 2.42. The van der Waals surface area contributed by atoms with Crippen LogP contribution in [0.3, 0.4) is 0 Å². The molecule has 25 heavy (non-hydrogen) atoms. The summed E-state index contributed by atoms with van der Waals surface area (Å²) in [6, 6.07) is 3.41. The molecule has 1 aromatic carbocycles. The highest BCUT2D eigenvalue weighted by Crippen LogP contribution is 2.38. The lowest BCUT2D eigenvalue weighted by atomic mass is 10.1. The molecule has 134 valence electrons. The Bertz CT molecular complexity index is 747. The van der Waals surface area contributed by atoms with Crippen LogP contribution in [-0.2, 0) is 6.18 Å². The highest BCUT2D eigenvalue weighted by molar-refractivity contribution is 6.34. The van der Waals surface area contributed by atoms with Crippen molar-refractivity contribution >= 4 is 23.3 Å². The Kier molecular flexibility index (Phi) is 3.82. The van der Waals surface area contributed by atoms with E-state index in [0.717, 1.165) is 11.9 Å². The number of carbonyl (C=O) groups excluding carboxylic acids is 1. The smallest absolute Gasteiger partial charge is 0.334 e. The second-order valence-corrected chi connectivity index (χ2v) is 6.90. The van der Waals surface area contributed by atoms with E-state index in [2.05, 4.69) is 15.4 Å². The largest absolute Gasteiger partial charge is 0.417 e. The lowest BCUT2D eigenvalue weighted by Crippen LogP contribution is -2.54. The first-order chi connectivity index (χ1) is 11.9. The third kappa shape index (κ3) is 2.92. The molecule has 1 N–H and O–H groups in total. The van der Waals surface area contributed by atoms with Crippen LogP contribution < -0.4 is 5.43 Å². The molecular formula is C16H16ClF3N4O. The minimum atomic E-state index is -4.59. The summed E-state index contributed by atoms with van der Waals surface area (Å²) < 4.78 is 39.0. The van der Waals surface area contributed by atoms with Crippen molar-refractivity contribution in [3.63, 3.8) is 0 Å². The molecule has 1 amide bonds. The van der Waals surface area contributed by atoms with Gasteiger partial charge >= 0.3 is 6.18 Å². The SMILES string of the molecule is O=C(c1cccc(C(F)(F)F)c1Cl)N1CCN2C(=NNC2C2CC2)C1. The number of hydrazone groups is 1. The van der Waals surface area contributed by atoms with Gasteiger partial charge in [0.2, 0.25) is 0 Å². The van der Waals surface area contributed by atoms with Gasteiger partial charge in [0.25, 0.3) is 5.91 Å². The summed E-state index contributed by atoms with van der Waals surface area (Å²) in [6.45, 7) is 1.30. The van der Waals surface area contributed by atoms with Crippen molar-refractivity contribution in [3.05, 3.63) is 34.3 Å². The predicted molar refractivity (Wildman–Crippen MR) is 86.1 cm³/mol. The van der Waals surface area contributed by atoms with Crippen molar-refractivity contribution in [3.8, 4) is 0 Å². The lowest BCUT2D eigenvalue weighted by Gasteiger charge is -2.36. The summed E-state index contributed by atoms with van der Waals surface area (Å²) in [4.78, 5) is 16.3. The zero-order chi connectivity index (χ0) is 17.8. The summed E-state index contributed by atoms with van der Waals surface area (Å²) in [5, 5.41) is 3.74. The van der Waals surface area contributed by atoms with Gasteiger partial charge in [0.15, 0.2) is 0 Å². The van der Waals surface area contributed by atoms with E-state index < -0.39 is 22.7 Å². The topological polar surface area (TPSA) is 47.9 Å². The fourth-order valence-corrected chi connectivity index (χ4v) is 3.65. The van der Waals surface area contributed by atoms with Crippen LogP contribution in [0.15, 0.2) is 23.3 Å². The highest BCUT2D eigenvalue weighted by atomic mass is 35.5. The predicted octanol–water partition coefficient (Wildman–Crippen LogP) is 2.77. The first kappa shape index (κ1) is 16.5. The van der Waals surface area contributed by atoms with Crippen LogP contribution in [0.5, 0.6) is 0 Å². The molecule has 1 aliphatic carbocycles. The van der Waals surface area contributed by atoms with Gasteiger partial charge < -0.3 is 9.80 Å². The number of carbonyl (C=O) groups is 1. The fourth-order valence-electron chi connectivity index (χ4n) is 3.34. The van der Waals surface area contributed by atoms with Crippen molar-refractivity contribution in [1.82, 2.24) is 15.2 Å². The van der Waals surface area contributed by atoms with Gasteiger partial charge in [-0.3, -0.25) is 10.2 Å². The van der Waals surface area contributed by atoms with Crippen LogP contribution in [0.2, 0.25) is 5.02 Å². The van der Waals surface area contributed by atoms with Gasteiger partial charge in [-0.15, -0.1) is 0 Å². The number of hydrogen-bond donors (Lipinski definition) is 1. The monoisotopic (exact) mass is 372 g/mol. The number of nitrogens with one attached hydrogen (secondary N) is 1. The van der Waals surface area contributed by atoms with Gasteiger partial charge in [0.1, 0.15) is 12.0 Å². The minimum Gasteiger partial charge on any atom is -0.334 e. The summed E-state index contributed by atoms with van der Waals surface area (Å²) >= 11 is 5.87. The van der Waals surface area contributed by atoms with Crippen molar-refractivity contribution in [1.29, 1.82) is 0 Å². The van der Waals surface area contributed by atoms with Crippen LogP contribution in [0, 0.1) is 5.92 Å². The number of piperazine rings is 1. The molecule has 1 saturated carbocycles. The Morgan fingerprint density at radius 1 is 1.28 bits per heavy atom. The number of nitrogens with zero attached hydrogens (tertiary/aromatic N) is 3. The molecule has 0 aromatic heterocycles. The average Bonchev–Trinajstić information content (AvgIpc) is 3.32. The molecule has 3 aliphatic rings. The summed E-state index contributed by atoms with van der Waals surface area (Å²) in [6.07, 6.45) is -2.08. The van der Waals surface area contributed by atoms with Gasteiger partial charge in [-0.25, -0.2) is 0 Å². The van der Waals surface area contributed by atoms with Gasteiger partial charge in [-0.05, 0) is 30.9 Å². The second-order valence-electron chi connectivity index (χ2n) is 6.52. The molecule has 2 aliphatic heterocycles. The van der Waals surface area contributed by atoms with E-state index in [9.17, 15) is 18.0 Å². The average molecular weight is 373 g/mol. The summed E-state index contributed by atoms with van der Waals surface area (Å²) in [7, 11) is 0. The first-order valence-corrected chi connectivity index (χ1v) is 8.48. The molecular weight excluding hydrogens is 357 g/mol. The number of amidine groups is 1. The molecule has 5 nitrogen and oxygen atoms in total. The van der Waals surface area contributed by atoms with Gasteiger partial charge in [-0.2, -0.15) is 18.3 Å². The standard InChI is InChI=1S/C16H16ClF3N4O/c17-13-10(2-1-3-11(13)16(18,19)20)15(25)23-6-7-24-12(8-23)21-22-14(24)9-4-5-9/h1-3,9,14,22H,4-8H2. The van der Waals surface area contributed by atoms with Crippen LogP contribution in [-0.4, -0.2) is 47.3 Å². The van der Waals surface area contributed by atoms with Crippen LogP contribution >= 0.6 is 11.6 Å². The van der Waals surface area contributed by atoms with E-state index in [1.54, 1.807) is 0 Å². The Hall–Kier alpha value is -1.96. The number of fused-ring (bicyclic) bond motifs is 1. The minimum absolute atomic E-state index is 0.129.